The summed E-state index contributed by atoms with van der Waals surface area (Å²) in [6.45, 7) is -0.299. The molecule has 0 fully saturated rings. The van der Waals surface area contributed by atoms with Crippen LogP contribution in [0.2, 0.25) is 5.02 Å². The number of nitrogens with two attached hydrogens (primary N) is 1. The third kappa shape index (κ3) is 5.42. The maximum absolute atomic E-state index is 12.1. The summed E-state index contributed by atoms with van der Waals surface area (Å²) in [4.78, 5) is 33.1. The zero-order valence-electron chi connectivity index (χ0n) is 14.5. The molecule has 0 heterocycles. The molecule has 0 spiro atoms. The fraction of sp³-hybridized carbons (Fsp3) is 0.118. The first-order chi connectivity index (χ1) is 13.3. The maximum Gasteiger partial charge on any atom is 0.288 e. The highest BCUT2D eigenvalue weighted by Crippen LogP contribution is 2.27. The van der Waals surface area contributed by atoms with E-state index in [-0.39, 0.29) is 22.9 Å². The number of methoxy groups -OCH3 is 1. The number of nitro benzene ring substituents is 1. The molecule has 0 saturated heterocycles. The van der Waals surface area contributed by atoms with Crippen LogP contribution < -0.4 is 20.6 Å². The predicted octanol–water partition coefficient (Wildman–Crippen LogP) is 1.88. The van der Waals surface area contributed by atoms with E-state index in [1.165, 1.54) is 25.5 Å². The lowest BCUT2D eigenvalue weighted by Crippen LogP contribution is -2.20. The van der Waals surface area contributed by atoms with Crippen LogP contribution in [0, 0.1) is 10.1 Å². The first kappa shape index (κ1) is 20.6. The Kier molecular flexibility index (Phi) is 6.88. The summed E-state index contributed by atoms with van der Waals surface area (Å²) in [5.74, 6) is -0.622. The Hall–Kier alpha value is -3.66. The zero-order chi connectivity index (χ0) is 20.7. The first-order valence-corrected chi connectivity index (χ1v) is 8.06. The molecule has 0 radical (unpaired) electrons. The molecule has 0 aromatic heterocycles. The molecule has 3 N–H and O–H groups in total. The monoisotopic (exact) mass is 406 g/mol. The highest BCUT2D eigenvalue weighted by molar-refractivity contribution is 6.32. The molecule has 28 heavy (non-hydrogen) atoms. The van der Waals surface area contributed by atoms with Crippen molar-refractivity contribution in [2.24, 2.45) is 10.8 Å². The fourth-order valence-corrected chi connectivity index (χ4v) is 2.24. The van der Waals surface area contributed by atoms with E-state index in [2.05, 4.69) is 10.5 Å². The largest absolute Gasteiger partial charge is 0.493 e. The normalized spacial score (nSPS) is 10.5. The van der Waals surface area contributed by atoms with Crippen LogP contribution in [0.25, 0.3) is 0 Å². The second-order valence-corrected chi connectivity index (χ2v) is 5.69. The van der Waals surface area contributed by atoms with Gasteiger partial charge in [-0.3, -0.25) is 19.7 Å². The number of primary amides is 1. The van der Waals surface area contributed by atoms with Gasteiger partial charge in [0.15, 0.2) is 18.1 Å². The molecule has 11 heteroatoms. The first-order valence-electron chi connectivity index (χ1n) is 7.68. The van der Waals surface area contributed by atoms with Crippen molar-refractivity contribution in [2.45, 2.75) is 0 Å². The molecule has 2 aromatic rings. The number of rotatable bonds is 8. The van der Waals surface area contributed by atoms with Crippen LogP contribution in [0.1, 0.15) is 15.9 Å². The molecule has 0 atom stereocenters. The molecular formula is C17H15ClN4O6. The fourth-order valence-electron chi connectivity index (χ4n) is 2.06. The zero-order valence-corrected chi connectivity index (χ0v) is 15.3. The molecule has 0 aliphatic carbocycles. The van der Waals surface area contributed by atoms with Gasteiger partial charge in [-0.1, -0.05) is 11.6 Å². The smallest absolute Gasteiger partial charge is 0.288 e. The van der Waals surface area contributed by atoms with Crippen molar-refractivity contribution in [1.82, 2.24) is 5.43 Å². The second-order valence-electron chi connectivity index (χ2n) is 5.29. The van der Waals surface area contributed by atoms with Crippen molar-refractivity contribution in [3.05, 3.63) is 62.7 Å². The number of carbonyl (C=O) groups excluding carboxylic acids is 2. The summed E-state index contributed by atoms with van der Waals surface area (Å²) in [5, 5.41) is 14.6. The summed E-state index contributed by atoms with van der Waals surface area (Å²) in [7, 11) is 1.42. The van der Waals surface area contributed by atoms with Gasteiger partial charge in [-0.15, -0.1) is 0 Å². The number of ether oxygens (including phenoxy) is 2. The van der Waals surface area contributed by atoms with Gasteiger partial charge in [0.1, 0.15) is 5.02 Å². The van der Waals surface area contributed by atoms with Gasteiger partial charge in [-0.05, 0) is 35.9 Å². The van der Waals surface area contributed by atoms with E-state index in [1.807, 2.05) is 0 Å². The average molecular weight is 407 g/mol. The molecular weight excluding hydrogens is 392 g/mol. The van der Waals surface area contributed by atoms with Crippen LogP contribution in [0.3, 0.4) is 0 Å². The summed E-state index contributed by atoms with van der Waals surface area (Å²) in [6.07, 6.45) is 1.34. The number of halogens is 1. The van der Waals surface area contributed by atoms with Crippen molar-refractivity contribution in [2.75, 3.05) is 13.7 Å². The number of amides is 2. The number of nitrogens with zero attached hydrogens (tertiary/aromatic N) is 2. The Balaban J connectivity index is 2.08. The molecule has 0 aliphatic rings. The summed E-state index contributed by atoms with van der Waals surface area (Å²) in [6, 6.07) is 8.39. The minimum Gasteiger partial charge on any atom is -0.493 e. The Morgan fingerprint density at radius 2 is 2.04 bits per heavy atom. The van der Waals surface area contributed by atoms with Crippen LogP contribution in [0.5, 0.6) is 11.5 Å². The molecule has 2 aromatic carbocycles. The van der Waals surface area contributed by atoms with Crippen molar-refractivity contribution in [1.29, 1.82) is 0 Å². The van der Waals surface area contributed by atoms with Gasteiger partial charge in [0, 0.05) is 11.6 Å². The number of hydrogen-bond acceptors (Lipinski definition) is 7. The standard InChI is InChI=1S/C17H15ClN4O6/c1-27-15-6-10(2-5-14(15)28-9-16(19)23)8-20-21-17(24)11-3-4-12(18)13(7-11)22(25)26/h2-8H,9H2,1H3,(H2,19,23)(H,21,24). The van der Waals surface area contributed by atoms with E-state index < -0.39 is 16.7 Å². The second kappa shape index (κ2) is 9.33. The van der Waals surface area contributed by atoms with Crippen LogP contribution in [0.15, 0.2) is 41.5 Å². The van der Waals surface area contributed by atoms with Crippen molar-refractivity contribution < 1.29 is 24.0 Å². The Morgan fingerprint density at radius 3 is 2.68 bits per heavy atom. The average Bonchev–Trinajstić information content (AvgIpc) is 2.66. The van der Waals surface area contributed by atoms with Gasteiger partial charge < -0.3 is 15.2 Å². The number of carbonyl (C=O) groups is 2. The van der Waals surface area contributed by atoms with E-state index in [0.717, 1.165) is 6.07 Å². The molecule has 10 nitrogen and oxygen atoms in total. The maximum atomic E-state index is 12.1. The van der Waals surface area contributed by atoms with E-state index in [9.17, 15) is 19.7 Å². The van der Waals surface area contributed by atoms with Gasteiger partial charge in [-0.25, -0.2) is 5.43 Å². The molecule has 2 rings (SSSR count). The van der Waals surface area contributed by atoms with Crippen LogP contribution in [-0.4, -0.2) is 36.7 Å². The number of nitro groups is 1. The van der Waals surface area contributed by atoms with Gasteiger partial charge in [0.25, 0.3) is 17.5 Å². The van der Waals surface area contributed by atoms with E-state index in [1.54, 1.807) is 18.2 Å². The van der Waals surface area contributed by atoms with Crippen LogP contribution >= 0.6 is 11.6 Å². The quantitative estimate of drug-likeness (QED) is 0.388. The molecule has 0 aliphatic heterocycles. The molecule has 0 bridgehead atoms. The van der Waals surface area contributed by atoms with Crippen molar-refractivity contribution >= 4 is 35.3 Å². The summed E-state index contributed by atoms with van der Waals surface area (Å²) >= 11 is 5.71. The Bertz CT molecular complexity index is 947. The van der Waals surface area contributed by atoms with Crippen molar-refractivity contribution in [3.8, 4) is 11.5 Å². The number of hydrazone groups is 1. The minimum absolute atomic E-state index is 0.0287. The Morgan fingerprint density at radius 1 is 1.29 bits per heavy atom. The van der Waals surface area contributed by atoms with E-state index >= 15 is 0 Å². The summed E-state index contributed by atoms with van der Waals surface area (Å²) in [5.41, 5.74) is 7.49. The minimum atomic E-state index is -0.684. The van der Waals surface area contributed by atoms with Gasteiger partial charge >= 0.3 is 0 Å². The van der Waals surface area contributed by atoms with Crippen molar-refractivity contribution in [3.63, 3.8) is 0 Å². The highest BCUT2D eigenvalue weighted by Gasteiger charge is 2.16. The lowest BCUT2D eigenvalue weighted by atomic mass is 10.2. The Labute approximate surface area is 164 Å². The number of nitrogens with one attached hydrogen (secondary N) is 1. The third-order valence-corrected chi connectivity index (χ3v) is 3.66. The lowest BCUT2D eigenvalue weighted by Gasteiger charge is -2.09. The van der Waals surface area contributed by atoms with Gasteiger partial charge in [-0.2, -0.15) is 5.10 Å². The summed E-state index contributed by atoms with van der Waals surface area (Å²) < 4.78 is 10.4. The SMILES string of the molecule is COc1cc(C=NNC(=O)c2ccc(Cl)c([N+](=O)[O-])c2)ccc1OCC(N)=O. The number of hydrogen-bond donors (Lipinski definition) is 2. The highest BCUT2D eigenvalue weighted by atomic mass is 35.5. The third-order valence-electron chi connectivity index (χ3n) is 3.34. The topological polar surface area (TPSA) is 146 Å². The van der Waals surface area contributed by atoms with Gasteiger partial charge in [0.05, 0.1) is 18.2 Å². The molecule has 2 amide bonds. The van der Waals surface area contributed by atoms with E-state index in [0.29, 0.717) is 17.1 Å². The molecule has 0 unspecified atom stereocenters. The van der Waals surface area contributed by atoms with Gasteiger partial charge in [0.2, 0.25) is 0 Å². The predicted molar refractivity (Wildman–Crippen MR) is 101 cm³/mol. The van der Waals surface area contributed by atoms with E-state index in [4.69, 9.17) is 26.8 Å². The number of benzene rings is 2. The molecule has 146 valence electrons. The van der Waals surface area contributed by atoms with Crippen LogP contribution in [0.4, 0.5) is 5.69 Å². The lowest BCUT2D eigenvalue weighted by molar-refractivity contribution is -0.384. The van der Waals surface area contributed by atoms with Crippen LogP contribution in [-0.2, 0) is 4.79 Å². The molecule has 0 saturated carbocycles.